The maximum atomic E-state index is 13.8. The molecule has 0 unspecified atom stereocenters. The fraction of sp³-hybridized carbons (Fsp3) is 0.211. The molecule has 1 saturated heterocycles. The van der Waals surface area contributed by atoms with Gasteiger partial charge in [-0.1, -0.05) is 12.1 Å². The zero-order valence-electron chi connectivity index (χ0n) is 14.1. The van der Waals surface area contributed by atoms with Gasteiger partial charge in [-0.2, -0.15) is 0 Å². The van der Waals surface area contributed by atoms with E-state index >= 15 is 0 Å². The van der Waals surface area contributed by atoms with Crippen LogP contribution in [0.1, 0.15) is 10.4 Å². The van der Waals surface area contributed by atoms with Gasteiger partial charge in [0, 0.05) is 44.6 Å². The number of carbonyl (C=O) groups excluding carboxylic acids is 1. The van der Waals surface area contributed by atoms with Crippen molar-refractivity contribution in [1.29, 1.82) is 0 Å². The fourth-order valence-corrected chi connectivity index (χ4v) is 3.08. The number of anilines is 1. The first-order chi connectivity index (χ1) is 12.7. The predicted octanol–water partition coefficient (Wildman–Crippen LogP) is 2.37. The maximum absolute atomic E-state index is 13.8. The molecule has 6 nitrogen and oxygen atoms in total. The fourth-order valence-electron chi connectivity index (χ4n) is 3.08. The van der Waals surface area contributed by atoms with Gasteiger partial charge < -0.3 is 14.4 Å². The third kappa shape index (κ3) is 3.15. The largest absolute Gasteiger partial charge is 0.353 e. The minimum Gasteiger partial charge on any atom is -0.353 e. The monoisotopic (exact) mass is 351 g/mol. The van der Waals surface area contributed by atoms with Gasteiger partial charge in [-0.05, 0) is 24.3 Å². The van der Waals surface area contributed by atoms with Crippen LogP contribution in [-0.4, -0.2) is 51.5 Å². The van der Waals surface area contributed by atoms with Crippen LogP contribution in [0.25, 0.3) is 5.82 Å². The smallest absolute Gasteiger partial charge is 0.256 e. The van der Waals surface area contributed by atoms with E-state index in [-0.39, 0.29) is 11.5 Å². The van der Waals surface area contributed by atoms with E-state index < -0.39 is 5.82 Å². The molecule has 0 N–H and O–H groups in total. The molecule has 0 spiro atoms. The van der Waals surface area contributed by atoms with E-state index in [1.165, 1.54) is 12.1 Å². The van der Waals surface area contributed by atoms with Gasteiger partial charge >= 0.3 is 0 Å². The molecule has 26 heavy (non-hydrogen) atoms. The second-order valence-corrected chi connectivity index (χ2v) is 6.08. The molecule has 1 amide bonds. The van der Waals surface area contributed by atoms with Crippen LogP contribution in [0, 0.1) is 5.82 Å². The van der Waals surface area contributed by atoms with E-state index in [9.17, 15) is 9.18 Å². The summed E-state index contributed by atoms with van der Waals surface area (Å²) in [5, 5.41) is 0. The number of carbonyl (C=O) groups is 1. The van der Waals surface area contributed by atoms with Crippen LogP contribution in [0.2, 0.25) is 0 Å². The number of nitrogens with zero attached hydrogens (tertiary/aromatic N) is 5. The molecule has 7 heteroatoms. The second-order valence-electron chi connectivity index (χ2n) is 6.08. The van der Waals surface area contributed by atoms with Gasteiger partial charge in [-0.3, -0.25) is 4.79 Å². The highest BCUT2D eigenvalue weighted by atomic mass is 19.1. The quantitative estimate of drug-likeness (QED) is 0.727. The highest BCUT2D eigenvalue weighted by Gasteiger charge is 2.24. The van der Waals surface area contributed by atoms with Crippen molar-refractivity contribution in [2.75, 3.05) is 31.1 Å². The van der Waals surface area contributed by atoms with Gasteiger partial charge in [0.2, 0.25) is 0 Å². The first-order valence-corrected chi connectivity index (χ1v) is 8.46. The molecule has 1 aliphatic rings. The molecule has 0 saturated carbocycles. The van der Waals surface area contributed by atoms with Gasteiger partial charge in [0.15, 0.2) is 0 Å². The summed E-state index contributed by atoms with van der Waals surface area (Å²) >= 11 is 0. The molecule has 3 heterocycles. The summed E-state index contributed by atoms with van der Waals surface area (Å²) in [5.41, 5.74) is 0.123. The van der Waals surface area contributed by atoms with Crippen LogP contribution in [0.3, 0.4) is 0 Å². The topological polar surface area (TPSA) is 54.3 Å². The Morgan fingerprint density at radius 2 is 1.62 bits per heavy atom. The van der Waals surface area contributed by atoms with Crippen molar-refractivity contribution in [3.8, 4) is 5.82 Å². The Labute approximate surface area is 150 Å². The zero-order chi connectivity index (χ0) is 17.9. The van der Waals surface area contributed by atoms with Crippen molar-refractivity contribution in [2.24, 2.45) is 0 Å². The van der Waals surface area contributed by atoms with Crippen LogP contribution in [0.5, 0.6) is 0 Å². The number of amides is 1. The Morgan fingerprint density at radius 1 is 0.923 bits per heavy atom. The highest BCUT2D eigenvalue weighted by molar-refractivity contribution is 5.94. The van der Waals surface area contributed by atoms with Gasteiger partial charge in [0.25, 0.3) is 5.91 Å². The Bertz CT molecular complexity index is 904. The Hall–Kier alpha value is -3.22. The van der Waals surface area contributed by atoms with Crippen LogP contribution >= 0.6 is 0 Å². The lowest BCUT2D eigenvalue weighted by Crippen LogP contribution is -2.49. The third-order valence-corrected chi connectivity index (χ3v) is 4.50. The van der Waals surface area contributed by atoms with E-state index in [1.54, 1.807) is 23.4 Å². The summed E-state index contributed by atoms with van der Waals surface area (Å²) in [4.78, 5) is 24.9. The van der Waals surface area contributed by atoms with Crippen LogP contribution in [0.15, 0.2) is 61.2 Å². The van der Waals surface area contributed by atoms with Gasteiger partial charge in [0.1, 0.15) is 23.8 Å². The first kappa shape index (κ1) is 16.3. The van der Waals surface area contributed by atoms with Crippen molar-refractivity contribution >= 4 is 11.7 Å². The lowest BCUT2D eigenvalue weighted by molar-refractivity contribution is 0.0742. The molecule has 1 aromatic carbocycles. The van der Waals surface area contributed by atoms with Crippen molar-refractivity contribution in [3.63, 3.8) is 0 Å². The van der Waals surface area contributed by atoms with Crippen molar-refractivity contribution in [1.82, 2.24) is 19.4 Å². The average molecular weight is 351 g/mol. The van der Waals surface area contributed by atoms with Crippen molar-refractivity contribution < 1.29 is 9.18 Å². The number of benzene rings is 1. The number of piperazine rings is 1. The van der Waals surface area contributed by atoms with Gasteiger partial charge in [-0.25, -0.2) is 14.4 Å². The number of rotatable bonds is 3. The van der Waals surface area contributed by atoms with Gasteiger partial charge in [0.05, 0.1) is 5.56 Å². The first-order valence-electron chi connectivity index (χ1n) is 8.46. The zero-order valence-corrected chi connectivity index (χ0v) is 14.1. The molecule has 132 valence electrons. The second kappa shape index (κ2) is 6.95. The molecular weight excluding hydrogens is 333 g/mol. The standard InChI is InChI=1S/C19H18FN5O/c20-16-6-2-1-5-15(16)19(26)25-11-9-24(10-12-25)18-13-17(21-14-22-18)23-7-3-4-8-23/h1-8,13-14H,9-12H2. The van der Waals surface area contributed by atoms with E-state index in [4.69, 9.17) is 0 Å². The Balaban J connectivity index is 1.45. The maximum Gasteiger partial charge on any atom is 0.256 e. The molecular formula is C19H18FN5O. The van der Waals surface area contributed by atoms with E-state index in [2.05, 4.69) is 14.9 Å². The molecule has 0 aliphatic carbocycles. The molecule has 0 radical (unpaired) electrons. The van der Waals surface area contributed by atoms with E-state index in [1.807, 2.05) is 35.2 Å². The predicted molar refractivity (Wildman–Crippen MR) is 95.9 cm³/mol. The van der Waals surface area contributed by atoms with Crippen molar-refractivity contribution in [3.05, 3.63) is 72.6 Å². The SMILES string of the molecule is O=C(c1ccccc1F)N1CCN(c2cc(-n3cccc3)ncn2)CC1. The number of halogens is 1. The summed E-state index contributed by atoms with van der Waals surface area (Å²) in [7, 11) is 0. The van der Waals surface area contributed by atoms with E-state index in [0.29, 0.717) is 26.2 Å². The third-order valence-electron chi connectivity index (χ3n) is 4.50. The summed E-state index contributed by atoms with van der Waals surface area (Å²) in [6.07, 6.45) is 5.40. The lowest BCUT2D eigenvalue weighted by atomic mass is 10.1. The summed E-state index contributed by atoms with van der Waals surface area (Å²) < 4.78 is 15.8. The molecule has 0 bridgehead atoms. The van der Waals surface area contributed by atoms with E-state index in [0.717, 1.165) is 11.6 Å². The number of hydrogen-bond donors (Lipinski definition) is 0. The normalized spacial score (nSPS) is 14.5. The minimum absolute atomic E-state index is 0.123. The molecule has 4 rings (SSSR count). The summed E-state index contributed by atoms with van der Waals surface area (Å²) in [6, 6.07) is 11.9. The number of hydrogen-bond acceptors (Lipinski definition) is 4. The molecule has 1 fully saturated rings. The minimum atomic E-state index is -0.480. The van der Waals surface area contributed by atoms with Gasteiger partial charge in [-0.15, -0.1) is 0 Å². The summed E-state index contributed by atoms with van der Waals surface area (Å²) in [5.74, 6) is 0.872. The summed E-state index contributed by atoms with van der Waals surface area (Å²) in [6.45, 7) is 2.33. The van der Waals surface area contributed by atoms with Crippen LogP contribution in [0.4, 0.5) is 10.2 Å². The lowest BCUT2D eigenvalue weighted by Gasteiger charge is -2.35. The molecule has 2 aromatic heterocycles. The van der Waals surface area contributed by atoms with Crippen molar-refractivity contribution in [2.45, 2.75) is 0 Å². The molecule has 1 aliphatic heterocycles. The van der Waals surface area contributed by atoms with Crippen LogP contribution < -0.4 is 4.90 Å². The Kier molecular flexibility index (Phi) is 4.35. The number of aromatic nitrogens is 3. The molecule has 3 aromatic rings. The Morgan fingerprint density at radius 3 is 2.35 bits per heavy atom. The highest BCUT2D eigenvalue weighted by Crippen LogP contribution is 2.18. The average Bonchev–Trinajstić information content (AvgIpc) is 3.23. The molecule has 0 atom stereocenters. The van der Waals surface area contributed by atoms with Crippen LogP contribution in [-0.2, 0) is 0 Å².